The number of hydrogen-bond donors (Lipinski definition) is 1. The molecule has 0 radical (unpaired) electrons. The molecular formula is C14H22F2N2O2. The molecule has 0 unspecified atom stereocenters. The maximum absolute atomic E-state index is 11.9. The molecule has 0 amide bonds. The molecule has 0 saturated heterocycles. The standard InChI is InChI=1S/C14H22F2N2O2/c15-13(16)8-6-4-2-1-3-5-7-10-18-11-9-12(17-18)14(19)20/h9,11,13H,1-8,10H2,(H,19,20). The Morgan fingerprint density at radius 2 is 1.75 bits per heavy atom. The second-order valence-corrected chi connectivity index (χ2v) is 4.92. The van der Waals surface area contributed by atoms with Gasteiger partial charge in [0, 0.05) is 19.2 Å². The van der Waals surface area contributed by atoms with E-state index in [9.17, 15) is 13.6 Å². The van der Waals surface area contributed by atoms with Crippen molar-refractivity contribution >= 4 is 5.97 Å². The summed E-state index contributed by atoms with van der Waals surface area (Å²) in [5, 5.41) is 12.7. The lowest BCUT2D eigenvalue weighted by Gasteiger charge is -2.03. The van der Waals surface area contributed by atoms with Gasteiger partial charge in [0.05, 0.1) is 0 Å². The molecule has 0 aliphatic heterocycles. The highest BCUT2D eigenvalue weighted by Crippen LogP contribution is 2.12. The zero-order valence-corrected chi connectivity index (χ0v) is 11.6. The largest absolute Gasteiger partial charge is 0.476 e. The number of carbonyl (C=O) groups is 1. The number of aryl methyl sites for hydroxylation is 1. The molecule has 0 bridgehead atoms. The Morgan fingerprint density at radius 1 is 1.15 bits per heavy atom. The minimum atomic E-state index is -2.17. The third kappa shape index (κ3) is 7.21. The van der Waals surface area contributed by atoms with Gasteiger partial charge in [-0.05, 0) is 18.9 Å². The summed E-state index contributed by atoms with van der Waals surface area (Å²) in [6.45, 7) is 0.721. The molecule has 4 nitrogen and oxygen atoms in total. The summed E-state index contributed by atoms with van der Waals surface area (Å²) in [6, 6.07) is 1.49. The van der Waals surface area contributed by atoms with Crippen molar-refractivity contribution in [1.82, 2.24) is 9.78 Å². The first-order chi connectivity index (χ1) is 9.59. The lowest BCUT2D eigenvalue weighted by atomic mass is 10.1. The molecular weight excluding hydrogens is 266 g/mol. The topological polar surface area (TPSA) is 55.1 Å². The van der Waals surface area contributed by atoms with Crippen LogP contribution < -0.4 is 0 Å². The lowest BCUT2D eigenvalue weighted by Crippen LogP contribution is -2.02. The van der Waals surface area contributed by atoms with Gasteiger partial charge < -0.3 is 5.11 Å². The van der Waals surface area contributed by atoms with Crippen LogP contribution in [0.5, 0.6) is 0 Å². The minimum Gasteiger partial charge on any atom is -0.476 e. The lowest BCUT2D eigenvalue weighted by molar-refractivity contribution is 0.0689. The smallest absolute Gasteiger partial charge is 0.356 e. The van der Waals surface area contributed by atoms with E-state index >= 15 is 0 Å². The van der Waals surface area contributed by atoms with Gasteiger partial charge in [0.25, 0.3) is 0 Å². The zero-order chi connectivity index (χ0) is 14.8. The zero-order valence-electron chi connectivity index (χ0n) is 11.6. The Balaban J connectivity index is 1.95. The Hall–Kier alpha value is -1.46. The van der Waals surface area contributed by atoms with Crippen LogP contribution in [0.3, 0.4) is 0 Å². The first-order valence-electron chi connectivity index (χ1n) is 7.14. The number of rotatable bonds is 11. The van der Waals surface area contributed by atoms with E-state index in [0.717, 1.165) is 45.1 Å². The number of aromatic nitrogens is 2. The molecule has 20 heavy (non-hydrogen) atoms. The van der Waals surface area contributed by atoms with Crippen LogP contribution in [-0.4, -0.2) is 27.3 Å². The summed E-state index contributed by atoms with van der Waals surface area (Å²) in [4.78, 5) is 10.6. The normalized spacial score (nSPS) is 11.2. The van der Waals surface area contributed by atoms with Gasteiger partial charge in [-0.3, -0.25) is 4.68 Å². The number of carboxylic acid groups (broad SMARTS) is 1. The molecule has 0 aliphatic rings. The predicted molar refractivity (Wildman–Crippen MR) is 72.1 cm³/mol. The van der Waals surface area contributed by atoms with Gasteiger partial charge in [-0.25, -0.2) is 13.6 Å². The predicted octanol–water partition coefficient (Wildman–Crippen LogP) is 3.97. The van der Waals surface area contributed by atoms with E-state index < -0.39 is 12.4 Å². The Morgan fingerprint density at radius 3 is 2.30 bits per heavy atom. The van der Waals surface area contributed by atoms with Crippen LogP contribution in [0.25, 0.3) is 0 Å². The minimum absolute atomic E-state index is 0.0191. The third-order valence-corrected chi connectivity index (χ3v) is 3.17. The van der Waals surface area contributed by atoms with Crippen molar-refractivity contribution in [3.63, 3.8) is 0 Å². The van der Waals surface area contributed by atoms with E-state index in [0.29, 0.717) is 6.42 Å². The van der Waals surface area contributed by atoms with E-state index in [2.05, 4.69) is 5.10 Å². The van der Waals surface area contributed by atoms with Crippen molar-refractivity contribution in [3.8, 4) is 0 Å². The Bertz CT molecular complexity index is 394. The van der Waals surface area contributed by atoms with Gasteiger partial charge in [-0.15, -0.1) is 0 Å². The van der Waals surface area contributed by atoms with E-state index in [1.54, 1.807) is 10.9 Å². The van der Waals surface area contributed by atoms with Crippen LogP contribution in [0.15, 0.2) is 12.3 Å². The molecule has 1 aromatic rings. The molecule has 0 saturated carbocycles. The summed E-state index contributed by atoms with van der Waals surface area (Å²) in [5.74, 6) is -1.01. The molecule has 1 heterocycles. The summed E-state index contributed by atoms with van der Waals surface area (Å²) < 4.78 is 25.4. The Labute approximate surface area is 117 Å². The molecule has 0 atom stereocenters. The molecule has 0 aromatic carbocycles. The summed E-state index contributed by atoms with van der Waals surface area (Å²) in [7, 11) is 0. The number of aromatic carboxylic acids is 1. The van der Waals surface area contributed by atoms with Crippen LogP contribution in [0.2, 0.25) is 0 Å². The second kappa shape index (κ2) is 9.44. The number of halogens is 2. The molecule has 1 aromatic heterocycles. The van der Waals surface area contributed by atoms with E-state index in [4.69, 9.17) is 5.11 Å². The number of hydrogen-bond acceptors (Lipinski definition) is 2. The van der Waals surface area contributed by atoms with Crippen LogP contribution in [0.1, 0.15) is 61.9 Å². The molecule has 6 heteroatoms. The fourth-order valence-electron chi connectivity index (χ4n) is 2.06. The van der Waals surface area contributed by atoms with Gasteiger partial charge >= 0.3 is 5.97 Å². The highest BCUT2D eigenvalue weighted by molar-refractivity contribution is 5.84. The summed E-state index contributed by atoms with van der Waals surface area (Å²) >= 11 is 0. The summed E-state index contributed by atoms with van der Waals surface area (Å²) in [5.41, 5.74) is 0.0732. The number of alkyl halides is 2. The highest BCUT2D eigenvalue weighted by atomic mass is 19.3. The van der Waals surface area contributed by atoms with Crippen molar-refractivity contribution in [2.45, 2.75) is 64.3 Å². The second-order valence-electron chi connectivity index (χ2n) is 4.92. The molecule has 1 rings (SSSR count). The maximum atomic E-state index is 11.9. The molecule has 0 spiro atoms. The average Bonchev–Trinajstić information content (AvgIpc) is 2.85. The Kier molecular flexibility index (Phi) is 7.84. The molecule has 1 N–H and O–H groups in total. The average molecular weight is 288 g/mol. The fraction of sp³-hybridized carbons (Fsp3) is 0.714. The van der Waals surface area contributed by atoms with Crippen molar-refractivity contribution in [2.24, 2.45) is 0 Å². The molecule has 0 aliphatic carbocycles. The van der Waals surface area contributed by atoms with Gasteiger partial charge in [0.2, 0.25) is 6.43 Å². The van der Waals surface area contributed by atoms with Crippen molar-refractivity contribution < 1.29 is 18.7 Å². The van der Waals surface area contributed by atoms with Gasteiger partial charge in [0.1, 0.15) is 0 Å². The monoisotopic (exact) mass is 288 g/mol. The number of carboxylic acids is 1. The number of nitrogens with zero attached hydrogens (tertiary/aromatic N) is 2. The first kappa shape index (κ1) is 16.6. The van der Waals surface area contributed by atoms with Crippen molar-refractivity contribution in [2.75, 3.05) is 0 Å². The van der Waals surface area contributed by atoms with Gasteiger partial charge in [-0.2, -0.15) is 5.10 Å². The number of unbranched alkanes of at least 4 members (excludes halogenated alkanes) is 6. The first-order valence-corrected chi connectivity index (χ1v) is 7.14. The van der Waals surface area contributed by atoms with E-state index in [1.807, 2.05) is 0 Å². The van der Waals surface area contributed by atoms with E-state index in [-0.39, 0.29) is 12.1 Å². The summed E-state index contributed by atoms with van der Waals surface area (Å²) in [6.07, 6.45) is 6.20. The van der Waals surface area contributed by atoms with Gasteiger partial charge in [0.15, 0.2) is 5.69 Å². The van der Waals surface area contributed by atoms with Crippen LogP contribution in [0.4, 0.5) is 8.78 Å². The highest BCUT2D eigenvalue weighted by Gasteiger charge is 2.05. The van der Waals surface area contributed by atoms with Crippen LogP contribution in [0, 0.1) is 0 Å². The maximum Gasteiger partial charge on any atom is 0.356 e. The van der Waals surface area contributed by atoms with Crippen LogP contribution in [-0.2, 0) is 6.54 Å². The van der Waals surface area contributed by atoms with Crippen LogP contribution >= 0.6 is 0 Å². The van der Waals surface area contributed by atoms with Crippen molar-refractivity contribution in [1.29, 1.82) is 0 Å². The third-order valence-electron chi connectivity index (χ3n) is 3.17. The van der Waals surface area contributed by atoms with E-state index in [1.165, 1.54) is 6.07 Å². The SMILES string of the molecule is O=C(O)c1ccn(CCCCCCCCCC(F)F)n1. The fourth-order valence-corrected chi connectivity index (χ4v) is 2.06. The van der Waals surface area contributed by atoms with Crippen molar-refractivity contribution in [3.05, 3.63) is 18.0 Å². The molecule has 114 valence electrons. The van der Waals surface area contributed by atoms with Gasteiger partial charge in [-0.1, -0.05) is 32.1 Å². The quantitative estimate of drug-likeness (QED) is 0.627. The molecule has 0 fully saturated rings.